The highest BCUT2D eigenvalue weighted by Gasteiger charge is 2.26. The Bertz CT molecular complexity index is 710. The van der Waals surface area contributed by atoms with Crippen LogP contribution in [0.1, 0.15) is 18.4 Å². The van der Waals surface area contributed by atoms with E-state index in [1.165, 1.54) is 12.1 Å². The summed E-state index contributed by atoms with van der Waals surface area (Å²) in [5.41, 5.74) is 0.852. The average molecular weight is 322 g/mol. The molecular formula is C16H16F2N2O3. The number of amides is 1. The second-order valence-corrected chi connectivity index (χ2v) is 5.25. The van der Waals surface area contributed by atoms with E-state index in [1.807, 2.05) is 6.92 Å². The van der Waals surface area contributed by atoms with Gasteiger partial charge >= 0.3 is 0 Å². The van der Waals surface area contributed by atoms with Crippen molar-refractivity contribution in [2.24, 2.45) is 0 Å². The highest BCUT2D eigenvalue weighted by Crippen LogP contribution is 2.27. The van der Waals surface area contributed by atoms with E-state index in [1.54, 1.807) is 4.90 Å². The van der Waals surface area contributed by atoms with E-state index < -0.39 is 11.6 Å². The number of oxazole rings is 1. The monoisotopic (exact) mass is 322 g/mol. The second-order valence-electron chi connectivity index (χ2n) is 5.25. The van der Waals surface area contributed by atoms with Crippen molar-refractivity contribution in [2.75, 3.05) is 19.8 Å². The van der Waals surface area contributed by atoms with Gasteiger partial charge in [-0.2, -0.15) is 0 Å². The summed E-state index contributed by atoms with van der Waals surface area (Å²) in [5.74, 6) is -0.689. The van der Waals surface area contributed by atoms with Crippen molar-refractivity contribution in [3.63, 3.8) is 0 Å². The van der Waals surface area contributed by atoms with Gasteiger partial charge in [0, 0.05) is 31.2 Å². The number of carbonyl (C=O) groups is 1. The highest BCUT2D eigenvalue weighted by atomic mass is 19.1. The van der Waals surface area contributed by atoms with Gasteiger partial charge in [0.15, 0.2) is 0 Å². The summed E-state index contributed by atoms with van der Waals surface area (Å²) in [6, 6.07) is 3.12. The molecule has 23 heavy (non-hydrogen) atoms. The Morgan fingerprint density at radius 2 is 2.09 bits per heavy atom. The lowest BCUT2D eigenvalue weighted by Gasteiger charge is -2.25. The van der Waals surface area contributed by atoms with Gasteiger partial charge in [-0.1, -0.05) is 0 Å². The van der Waals surface area contributed by atoms with Gasteiger partial charge in [0.2, 0.25) is 11.8 Å². The number of benzene rings is 1. The van der Waals surface area contributed by atoms with Crippen LogP contribution in [0.15, 0.2) is 22.6 Å². The first-order chi connectivity index (χ1) is 11.1. The lowest BCUT2D eigenvalue weighted by Crippen LogP contribution is -2.38. The van der Waals surface area contributed by atoms with Crippen molar-refractivity contribution in [2.45, 2.75) is 19.9 Å². The fraction of sp³-hybridized carbons (Fsp3) is 0.375. The average Bonchev–Trinajstić information content (AvgIpc) is 2.94. The highest BCUT2D eigenvalue weighted by molar-refractivity contribution is 5.77. The van der Waals surface area contributed by atoms with Gasteiger partial charge in [-0.05, 0) is 19.1 Å². The van der Waals surface area contributed by atoms with Crippen LogP contribution in [0.3, 0.4) is 0 Å². The van der Waals surface area contributed by atoms with Crippen LogP contribution in [-0.2, 0) is 22.5 Å². The van der Waals surface area contributed by atoms with E-state index in [9.17, 15) is 13.6 Å². The molecule has 0 fully saturated rings. The zero-order valence-corrected chi connectivity index (χ0v) is 12.6. The van der Waals surface area contributed by atoms with Crippen molar-refractivity contribution in [1.29, 1.82) is 0 Å². The Morgan fingerprint density at radius 3 is 2.78 bits per heavy atom. The number of hydrogen-bond acceptors (Lipinski definition) is 4. The predicted molar refractivity (Wildman–Crippen MR) is 77.5 cm³/mol. The number of ether oxygens (including phenoxy) is 1. The Hall–Kier alpha value is -2.28. The molecule has 2 heterocycles. The van der Waals surface area contributed by atoms with Crippen LogP contribution in [-0.4, -0.2) is 35.5 Å². The molecule has 0 N–H and O–H groups in total. The first-order valence-electron chi connectivity index (χ1n) is 7.37. The van der Waals surface area contributed by atoms with Gasteiger partial charge in [0.25, 0.3) is 0 Å². The van der Waals surface area contributed by atoms with Gasteiger partial charge in [0.05, 0.1) is 6.54 Å². The zero-order valence-electron chi connectivity index (χ0n) is 12.6. The third kappa shape index (κ3) is 3.39. The molecule has 0 spiro atoms. The van der Waals surface area contributed by atoms with Gasteiger partial charge in [0.1, 0.15) is 29.7 Å². The van der Waals surface area contributed by atoms with Crippen LogP contribution in [0.5, 0.6) is 0 Å². The lowest BCUT2D eigenvalue weighted by atomic mass is 10.1. The molecule has 0 aliphatic carbocycles. The molecule has 1 amide bonds. The van der Waals surface area contributed by atoms with Gasteiger partial charge in [-0.25, -0.2) is 13.8 Å². The fourth-order valence-electron chi connectivity index (χ4n) is 2.49. The van der Waals surface area contributed by atoms with Crippen molar-refractivity contribution in [1.82, 2.24) is 9.88 Å². The quantitative estimate of drug-likeness (QED) is 0.868. The van der Waals surface area contributed by atoms with Crippen molar-refractivity contribution < 1.29 is 22.7 Å². The Kier molecular flexibility index (Phi) is 4.38. The Morgan fingerprint density at radius 1 is 1.35 bits per heavy atom. The van der Waals surface area contributed by atoms with Crippen LogP contribution < -0.4 is 0 Å². The number of fused-ring (bicyclic) bond motifs is 1. The lowest BCUT2D eigenvalue weighted by molar-refractivity contribution is -0.137. The van der Waals surface area contributed by atoms with Crippen molar-refractivity contribution in [3.05, 3.63) is 41.3 Å². The van der Waals surface area contributed by atoms with E-state index in [2.05, 4.69) is 4.98 Å². The number of nitrogens with zero attached hydrogens (tertiary/aromatic N) is 2. The van der Waals surface area contributed by atoms with E-state index >= 15 is 0 Å². The Balaban J connectivity index is 1.80. The molecule has 1 aliphatic heterocycles. The molecule has 7 heteroatoms. The molecule has 0 atom stereocenters. The molecule has 122 valence electrons. The molecule has 0 saturated heterocycles. The van der Waals surface area contributed by atoms with E-state index in [0.29, 0.717) is 37.6 Å². The summed E-state index contributed by atoms with van der Waals surface area (Å²) in [7, 11) is 0. The minimum Gasteiger partial charge on any atom is -0.441 e. The first-order valence-corrected chi connectivity index (χ1v) is 7.37. The van der Waals surface area contributed by atoms with Crippen molar-refractivity contribution in [3.8, 4) is 11.5 Å². The minimum atomic E-state index is -0.690. The zero-order chi connectivity index (χ0) is 16.4. The van der Waals surface area contributed by atoms with Gasteiger partial charge in [-0.15, -0.1) is 0 Å². The smallest absolute Gasteiger partial charge is 0.248 e. The summed E-state index contributed by atoms with van der Waals surface area (Å²) in [6.45, 7) is 3.15. The van der Waals surface area contributed by atoms with E-state index in [-0.39, 0.29) is 24.0 Å². The number of aromatic nitrogens is 1. The van der Waals surface area contributed by atoms with Gasteiger partial charge in [-0.3, -0.25) is 4.79 Å². The molecule has 0 unspecified atom stereocenters. The molecule has 0 bridgehead atoms. The molecule has 0 radical (unpaired) electrons. The number of halogens is 2. The maximum absolute atomic E-state index is 13.3. The van der Waals surface area contributed by atoms with Crippen LogP contribution in [0.25, 0.3) is 11.5 Å². The minimum absolute atomic E-state index is 0.0334. The normalized spacial score (nSPS) is 14.0. The van der Waals surface area contributed by atoms with Crippen molar-refractivity contribution >= 4 is 5.91 Å². The van der Waals surface area contributed by atoms with Crippen LogP contribution in [0.2, 0.25) is 0 Å². The van der Waals surface area contributed by atoms with Gasteiger partial charge < -0.3 is 14.1 Å². The van der Waals surface area contributed by atoms with Crippen LogP contribution in [0.4, 0.5) is 8.78 Å². The first kappa shape index (κ1) is 15.6. The van der Waals surface area contributed by atoms with E-state index in [0.717, 1.165) is 6.07 Å². The number of carbonyl (C=O) groups excluding carboxylic acids is 1. The summed E-state index contributed by atoms with van der Waals surface area (Å²) < 4.78 is 37.3. The summed E-state index contributed by atoms with van der Waals surface area (Å²) in [4.78, 5) is 17.9. The standard InChI is InChI=1S/C16H16F2N2O3/c1-2-22-9-15(21)20-4-3-14-13(8-20)19-16(23-14)10-5-11(17)7-12(18)6-10/h5-7H,2-4,8-9H2,1H3. The molecular weight excluding hydrogens is 306 g/mol. The molecule has 0 saturated carbocycles. The summed E-state index contributed by atoms with van der Waals surface area (Å²) in [6.07, 6.45) is 0.512. The molecule has 3 rings (SSSR count). The summed E-state index contributed by atoms with van der Waals surface area (Å²) >= 11 is 0. The second kappa shape index (κ2) is 6.45. The molecule has 1 aliphatic rings. The fourth-order valence-corrected chi connectivity index (χ4v) is 2.49. The maximum atomic E-state index is 13.3. The van der Waals surface area contributed by atoms with Crippen LogP contribution in [0, 0.1) is 11.6 Å². The van der Waals surface area contributed by atoms with Crippen LogP contribution >= 0.6 is 0 Å². The third-order valence-electron chi connectivity index (χ3n) is 3.62. The molecule has 1 aromatic carbocycles. The largest absolute Gasteiger partial charge is 0.441 e. The third-order valence-corrected chi connectivity index (χ3v) is 3.62. The maximum Gasteiger partial charge on any atom is 0.248 e. The number of hydrogen-bond donors (Lipinski definition) is 0. The molecule has 1 aromatic heterocycles. The molecule has 5 nitrogen and oxygen atoms in total. The predicted octanol–water partition coefficient (Wildman–Crippen LogP) is 2.54. The molecule has 2 aromatic rings. The summed E-state index contributed by atoms with van der Waals surface area (Å²) in [5, 5.41) is 0. The number of rotatable bonds is 4. The van der Waals surface area contributed by atoms with E-state index in [4.69, 9.17) is 9.15 Å². The Labute approximate surface area is 131 Å². The SMILES string of the molecule is CCOCC(=O)N1CCc2oc(-c3cc(F)cc(F)c3)nc2C1. The topological polar surface area (TPSA) is 55.6 Å².